The molecule has 30 heavy (non-hydrogen) atoms. The predicted molar refractivity (Wildman–Crippen MR) is 117 cm³/mol. The van der Waals surface area contributed by atoms with E-state index < -0.39 is 5.82 Å². The number of benzene rings is 2. The van der Waals surface area contributed by atoms with Crippen LogP contribution in [0.4, 0.5) is 14.9 Å². The molecule has 0 saturated carbocycles. The third-order valence-corrected chi connectivity index (χ3v) is 5.37. The molecule has 1 N–H and O–H groups in total. The van der Waals surface area contributed by atoms with Gasteiger partial charge in [0.2, 0.25) is 0 Å². The van der Waals surface area contributed by atoms with E-state index in [0.29, 0.717) is 24.2 Å². The van der Waals surface area contributed by atoms with Crippen molar-refractivity contribution < 1.29 is 13.9 Å². The van der Waals surface area contributed by atoms with Crippen molar-refractivity contribution in [3.8, 4) is 0 Å². The van der Waals surface area contributed by atoms with Crippen LogP contribution in [0.3, 0.4) is 0 Å². The average Bonchev–Trinajstić information content (AvgIpc) is 2.75. The van der Waals surface area contributed by atoms with Crippen molar-refractivity contribution in [2.45, 2.75) is 19.5 Å². The van der Waals surface area contributed by atoms with E-state index in [0.717, 1.165) is 10.9 Å². The molecule has 1 aromatic heterocycles. The molecule has 2 aromatic carbocycles. The summed E-state index contributed by atoms with van der Waals surface area (Å²) >= 11 is 5.79. The fourth-order valence-corrected chi connectivity index (χ4v) is 3.41. The number of aromatic nitrogens is 1. The molecule has 158 valence electrons. The van der Waals surface area contributed by atoms with Crippen LogP contribution in [-0.4, -0.2) is 36.3 Å². The Kier molecular flexibility index (Phi) is 6.74. The zero-order chi connectivity index (χ0) is 21.8. The van der Waals surface area contributed by atoms with Crippen molar-refractivity contribution in [2.75, 3.05) is 26.1 Å². The number of amides is 2. The first-order valence-electron chi connectivity index (χ1n) is 9.43. The third kappa shape index (κ3) is 4.47. The highest BCUT2D eigenvalue weighted by Gasteiger charge is 2.21. The van der Waals surface area contributed by atoms with Gasteiger partial charge in [-0.1, -0.05) is 29.8 Å². The Morgan fingerprint density at radius 1 is 1.27 bits per heavy atom. The highest BCUT2D eigenvalue weighted by molar-refractivity contribution is 6.31. The van der Waals surface area contributed by atoms with E-state index in [9.17, 15) is 14.0 Å². The van der Waals surface area contributed by atoms with Crippen LogP contribution in [0.25, 0.3) is 10.8 Å². The largest absolute Gasteiger partial charge is 0.383 e. The minimum absolute atomic E-state index is 0.0697. The van der Waals surface area contributed by atoms with Gasteiger partial charge in [-0.3, -0.25) is 4.79 Å². The number of hydrogen-bond acceptors (Lipinski definition) is 3. The van der Waals surface area contributed by atoms with Crippen LogP contribution >= 0.6 is 11.6 Å². The van der Waals surface area contributed by atoms with E-state index >= 15 is 0 Å². The number of urea groups is 1. The molecular formula is C22H23ClFN3O3. The number of rotatable bonds is 6. The lowest BCUT2D eigenvalue weighted by atomic mass is 10.0. The number of halogens is 2. The number of fused-ring (bicyclic) bond motifs is 1. The molecule has 1 heterocycles. The first-order valence-corrected chi connectivity index (χ1v) is 9.81. The fraction of sp³-hybridized carbons (Fsp3) is 0.273. The molecule has 0 saturated heterocycles. The highest BCUT2D eigenvalue weighted by atomic mass is 35.5. The van der Waals surface area contributed by atoms with Crippen LogP contribution in [0.15, 0.2) is 53.5 Å². The second-order valence-electron chi connectivity index (χ2n) is 6.97. The summed E-state index contributed by atoms with van der Waals surface area (Å²) in [7, 11) is 3.24. The molecule has 6 nitrogen and oxygen atoms in total. The van der Waals surface area contributed by atoms with Crippen molar-refractivity contribution in [3.63, 3.8) is 0 Å². The SMILES string of the molecule is COCCn1cc(C(C)N(C)C(=O)Nc2ccc(F)c(Cl)c2)c2ccccc2c1=O. The molecule has 0 aliphatic heterocycles. The molecular weight excluding hydrogens is 409 g/mol. The third-order valence-electron chi connectivity index (χ3n) is 5.08. The molecule has 8 heteroatoms. The van der Waals surface area contributed by atoms with Crippen molar-refractivity contribution >= 4 is 34.1 Å². The number of anilines is 1. The number of carbonyl (C=O) groups is 1. The highest BCUT2D eigenvalue weighted by Crippen LogP contribution is 2.27. The summed E-state index contributed by atoms with van der Waals surface area (Å²) in [6.45, 7) is 2.68. The molecule has 0 bridgehead atoms. The normalized spacial score (nSPS) is 12.0. The van der Waals surface area contributed by atoms with Gasteiger partial charge in [0.25, 0.3) is 5.56 Å². The fourth-order valence-electron chi connectivity index (χ4n) is 3.23. The summed E-state index contributed by atoms with van der Waals surface area (Å²) in [5.74, 6) is -0.554. The zero-order valence-electron chi connectivity index (χ0n) is 17.0. The van der Waals surface area contributed by atoms with E-state index in [1.807, 2.05) is 25.1 Å². The predicted octanol–water partition coefficient (Wildman–Crippen LogP) is 4.67. The van der Waals surface area contributed by atoms with Crippen molar-refractivity contribution in [2.24, 2.45) is 0 Å². The van der Waals surface area contributed by atoms with Gasteiger partial charge in [-0.15, -0.1) is 0 Å². The molecule has 0 fully saturated rings. The quantitative estimate of drug-likeness (QED) is 0.617. The summed E-state index contributed by atoms with van der Waals surface area (Å²) in [4.78, 5) is 27.1. The number of methoxy groups -OCH3 is 1. The smallest absolute Gasteiger partial charge is 0.322 e. The molecule has 0 radical (unpaired) electrons. The molecule has 0 aliphatic rings. The lowest BCUT2D eigenvalue weighted by Gasteiger charge is -2.27. The summed E-state index contributed by atoms with van der Waals surface area (Å²) in [6, 6.07) is 10.6. The van der Waals surface area contributed by atoms with Crippen LogP contribution in [0.2, 0.25) is 5.02 Å². The van der Waals surface area contributed by atoms with Crippen LogP contribution in [0.1, 0.15) is 18.5 Å². The summed E-state index contributed by atoms with van der Waals surface area (Å²) in [6.07, 6.45) is 1.77. The Bertz CT molecular complexity index is 1130. The van der Waals surface area contributed by atoms with E-state index in [4.69, 9.17) is 16.3 Å². The van der Waals surface area contributed by atoms with Gasteiger partial charge in [-0.25, -0.2) is 9.18 Å². The monoisotopic (exact) mass is 431 g/mol. The van der Waals surface area contributed by atoms with Gasteiger partial charge in [0.1, 0.15) is 5.82 Å². The maximum atomic E-state index is 13.4. The number of hydrogen-bond donors (Lipinski definition) is 1. The van der Waals surface area contributed by atoms with Gasteiger partial charge in [0.15, 0.2) is 0 Å². The van der Waals surface area contributed by atoms with Gasteiger partial charge in [-0.2, -0.15) is 0 Å². The van der Waals surface area contributed by atoms with Crippen LogP contribution in [-0.2, 0) is 11.3 Å². The number of ether oxygens (including phenoxy) is 1. The zero-order valence-corrected chi connectivity index (χ0v) is 17.7. The summed E-state index contributed by atoms with van der Waals surface area (Å²) in [5.41, 5.74) is 1.11. The maximum Gasteiger partial charge on any atom is 0.322 e. The number of nitrogens with zero attached hydrogens (tertiary/aromatic N) is 2. The van der Waals surface area contributed by atoms with Crippen LogP contribution in [0.5, 0.6) is 0 Å². The standard InChI is InChI=1S/C22H23ClFN3O3/c1-14(26(2)22(29)25-15-8-9-20(24)19(23)12-15)18-13-27(10-11-30-3)21(28)17-7-5-4-6-16(17)18/h4-9,12-14H,10-11H2,1-3H3,(H,25,29). The second-order valence-corrected chi connectivity index (χ2v) is 7.37. The van der Waals surface area contributed by atoms with Gasteiger partial charge < -0.3 is 19.5 Å². The second kappa shape index (κ2) is 9.28. The molecule has 0 aliphatic carbocycles. The molecule has 1 atom stereocenters. The van der Waals surface area contributed by atoms with Gasteiger partial charge >= 0.3 is 6.03 Å². The Morgan fingerprint density at radius 2 is 1.97 bits per heavy atom. The number of nitrogens with one attached hydrogen (secondary N) is 1. The van der Waals surface area contributed by atoms with E-state index in [1.54, 1.807) is 31.0 Å². The minimum atomic E-state index is -0.554. The first-order chi connectivity index (χ1) is 14.3. The minimum Gasteiger partial charge on any atom is -0.383 e. The topological polar surface area (TPSA) is 63.6 Å². The van der Waals surface area contributed by atoms with Crippen molar-refractivity contribution in [3.05, 3.63) is 75.4 Å². The van der Waals surface area contributed by atoms with Crippen molar-refractivity contribution in [1.29, 1.82) is 0 Å². The Hall–Kier alpha value is -2.90. The van der Waals surface area contributed by atoms with Gasteiger partial charge in [0, 0.05) is 38.0 Å². The summed E-state index contributed by atoms with van der Waals surface area (Å²) < 4.78 is 20.1. The lowest BCUT2D eigenvalue weighted by molar-refractivity contribution is 0.186. The van der Waals surface area contributed by atoms with Crippen LogP contribution in [0, 0.1) is 5.82 Å². The molecule has 3 rings (SSSR count). The molecule has 0 spiro atoms. The van der Waals surface area contributed by atoms with Gasteiger partial charge in [0.05, 0.1) is 17.7 Å². The van der Waals surface area contributed by atoms with Crippen molar-refractivity contribution in [1.82, 2.24) is 9.47 Å². The first kappa shape index (κ1) is 21.8. The maximum absolute atomic E-state index is 13.4. The Labute approximate surface area is 178 Å². The van der Waals surface area contributed by atoms with E-state index in [-0.39, 0.29) is 22.7 Å². The van der Waals surface area contributed by atoms with Gasteiger partial charge in [-0.05, 0) is 42.1 Å². The number of carbonyl (C=O) groups excluding carboxylic acids is 1. The average molecular weight is 432 g/mol. The Balaban J connectivity index is 1.93. The molecule has 2 amide bonds. The van der Waals surface area contributed by atoms with Crippen LogP contribution < -0.4 is 10.9 Å². The summed E-state index contributed by atoms with van der Waals surface area (Å²) in [5, 5.41) is 4.01. The molecule has 1 unspecified atom stereocenters. The van der Waals surface area contributed by atoms with E-state index in [1.165, 1.54) is 23.1 Å². The number of pyridine rings is 1. The molecule has 3 aromatic rings. The Morgan fingerprint density at radius 3 is 2.63 bits per heavy atom. The lowest BCUT2D eigenvalue weighted by Crippen LogP contribution is -2.34. The van der Waals surface area contributed by atoms with E-state index in [2.05, 4.69) is 5.32 Å².